The van der Waals surface area contributed by atoms with E-state index in [9.17, 15) is 4.79 Å². The summed E-state index contributed by atoms with van der Waals surface area (Å²) in [4.78, 5) is 21.7. The lowest BCUT2D eigenvalue weighted by Gasteiger charge is -2.34. The van der Waals surface area contributed by atoms with Gasteiger partial charge in [0.2, 0.25) is 0 Å². The van der Waals surface area contributed by atoms with Crippen LogP contribution in [0, 0.1) is 6.92 Å². The predicted octanol–water partition coefficient (Wildman–Crippen LogP) is 1.81. The Bertz CT molecular complexity index is 559. The van der Waals surface area contributed by atoms with Crippen molar-refractivity contribution in [1.82, 2.24) is 25.1 Å². The summed E-state index contributed by atoms with van der Waals surface area (Å²) in [5, 5.41) is 6.78. The fourth-order valence-electron chi connectivity index (χ4n) is 2.66. The van der Waals surface area contributed by atoms with Crippen LogP contribution in [0.5, 0.6) is 0 Å². The van der Waals surface area contributed by atoms with Gasteiger partial charge < -0.3 is 9.88 Å². The van der Waals surface area contributed by atoms with Crippen LogP contribution in [0.3, 0.4) is 0 Å². The topological polar surface area (TPSA) is 77.7 Å². The molecule has 1 aliphatic heterocycles. The van der Waals surface area contributed by atoms with E-state index >= 15 is 0 Å². The fourth-order valence-corrected chi connectivity index (χ4v) is 2.66. The molecule has 2 aromatic rings. The van der Waals surface area contributed by atoms with Crippen LogP contribution >= 0.6 is 0 Å². The molecule has 0 bridgehead atoms. The van der Waals surface area contributed by atoms with E-state index < -0.39 is 0 Å². The second-order valence-corrected chi connectivity index (χ2v) is 4.93. The Labute approximate surface area is 111 Å². The van der Waals surface area contributed by atoms with Gasteiger partial charge in [-0.25, -0.2) is 4.98 Å². The summed E-state index contributed by atoms with van der Waals surface area (Å²) in [7, 11) is 0. The third kappa shape index (κ3) is 2.14. The summed E-state index contributed by atoms with van der Waals surface area (Å²) >= 11 is 0. The Balaban J connectivity index is 1.89. The van der Waals surface area contributed by atoms with E-state index in [0.717, 1.165) is 42.8 Å². The summed E-state index contributed by atoms with van der Waals surface area (Å²) in [6.45, 7) is 2.71. The first-order chi connectivity index (χ1) is 9.27. The van der Waals surface area contributed by atoms with Crippen molar-refractivity contribution in [1.29, 1.82) is 0 Å². The van der Waals surface area contributed by atoms with Gasteiger partial charge in [-0.3, -0.25) is 9.89 Å². The van der Waals surface area contributed by atoms with Crippen LogP contribution in [0.15, 0.2) is 18.7 Å². The van der Waals surface area contributed by atoms with E-state index in [1.807, 2.05) is 18.0 Å². The average molecular weight is 259 g/mol. The van der Waals surface area contributed by atoms with Crippen molar-refractivity contribution in [3.8, 4) is 0 Å². The number of H-pyrrole nitrogens is 2. The number of amides is 1. The molecule has 1 fully saturated rings. The molecule has 0 spiro atoms. The number of piperidine rings is 1. The van der Waals surface area contributed by atoms with Gasteiger partial charge in [-0.15, -0.1) is 0 Å². The third-order valence-corrected chi connectivity index (χ3v) is 3.70. The van der Waals surface area contributed by atoms with Crippen molar-refractivity contribution in [2.24, 2.45) is 0 Å². The molecule has 0 aliphatic carbocycles. The minimum atomic E-state index is 0.0121. The Hall–Kier alpha value is -2.11. The first-order valence-electron chi connectivity index (χ1n) is 6.57. The van der Waals surface area contributed by atoms with Gasteiger partial charge in [-0.1, -0.05) is 0 Å². The minimum Gasteiger partial charge on any atom is -0.367 e. The molecule has 3 heterocycles. The lowest BCUT2D eigenvalue weighted by Crippen LogP contribution is -2.39. The second kappa shape index (κ2) is 4.87. The zero-order chi connectivity index (χ0) is 13.2. The number of hydrogen-bond acceptors (Lipinski definition) is 3. The smallest absolute Gasteiger partial charge is 0.256 e. The van der Waals surface area contributed by atoms with E-state index in [4.69, 9.17) is 0 Å². The highest BCUT2D eigenvalue weighted by molar-refractivity contribution is 5.95. The quantitative estimate of drug-likeness (QED) is 0.863. The molecule has 0 aromatic carbocycles. The lowest BCUT2D eigenvalue weighted by atomic mass is 10.00. The molecule has 3 rings (SSSR count). The Morgan fingerprint density at radius 1 is 1.42 bits per heavy atom. The second-order valence-electron chi connectivity index (χ2n) is 4.93. The molecule has 1 saturated heterocycles. The van der Waals surface area contributed by atoms with Gasteiger partial charge in [0.15, 0.2) is 0 Å². The number of carbonyl (C=O) groups is 1. The maximum absolute atomic E-state index is 12.6. The van der Waals surface area contributed by atoms with Gasteiger partial charge >= 0.3 is 0 Å². The number of hydrogen-bond donors (Lipinski definition) is 2. The van der Waals surface area contributed by atoms with E-state index in [2.05, 4.69) is 20.2 Å². The molecule has 2 N–H and O–H groups in total. The molecule has 0 radical (unpaired) electrons. The maximum atomic E-state index is 12.6. The highest BCUT2D eigenvalue weighted by Gasteiger charge is 2.31. The number of aryl methyl sites for hydroxylation is 1. The predicted molar refractivity (Wildman–Crippen MR) is 69.5 cm³/mol. The Morgan fingerprint density at radius 3 is 3.00 bits per heavy atom. The van der Waals surface area contributed by atoms with Crippen molar-refractivity contribution >= 4 is 5.91 Å². The van der Waals surface area contributed by atoms with Crippen molar-refractivity contribution in [3.05, 3.63) is 35.7 Å². The molecule has 1 aliphatic rings. The Kier molecular flexibility index (Phi) is 3.06. The van der Waals surface area contributed by atoms with Crippen molar-refractivity contribution in [2.45, 2.75) is 32.2 Å². The molecule has 2 aromatic heterocycles. The van der Waals surface area contributed by atoms with Gasteiger partial charge in [0.05, 0.1) is 11.6 Å². The molecule has 19 heavy (non-hydrogen) atoms. The normalized spacial score (nSPS) is 19.6. The van der Waals surface area contributed by atoms with Gasteiger partial charge in [0.1, 0.15) is 12.2 Å². The fraction of sp³-hybridized carbons (Fsp3) is 0.462. The third-order valence-electron chi connectivity index (χ3n) is 3.70. The average Bonchev–Trinajstić information content (AvgIpc) is 3.09. The molecular weight excluding hydrogens is 242 g/mol. The monoisotopic (exact) mass is 259 g/mol. The molecule has 1 amide bonds. The zero-order valence-corrected chi connectivity index (χ0v) is 10.9. The number of likely N-dealkylation sites (tertiary alicyclic amines) is 1. The largest absolute Gasteiger partial charge is 0.367 e. The first-order valence-corrected chi connectivity index (χ1v) is 6.57. The highest BCUT2D eigenvalue weighted by atomic mass is 16.2. The van der Waals surface area contributed by atoms with Crippen molar-refractivity contribution in [3.63, 3.8) is 0 Å². The summed E-state index contributed by atoms with van der Waals surface area (Å²) in [6.07, 6.45) is 8.20. The van der Waals surface area contributed by atoms with E-state index in [1.54, 1.807) is 6.20 Å². The van der Waals surface area contributed by atoms with E-state index in [1.165, 1.54) is 6.33 Å². The van der Waals surface area contributed by atoms with Crippen LogP contribution in [-0.4, -0.2) is 37.5 Å². The number of aromatic nitrogens is 4. The molecular formula is C13H17N5O. The molecule has 6 nitrogen and oxygen atoms in total. The summed E-state index contributed by atoms with van der Waals surface area (Å²) < 4.78 is 0. The van der Waals surface area contributed by atoms with Crippen LogP contribution in [0.4, 0.5) is 0 Å². The standard InChI is InChI=1S/C13H17N5O/c1-9-6-14-7-10(9)13(19)18-5-3-2-4-11(18)12-15-8-16-17-12/h6-8,11,14H,2-5H2,1H3,(H,15,16,17). The summed E-state index contributed by atoms with van der Waals surface area (Å²) in [5.41, 5.74) is 1.72. The highest BCUT2D eigenvalue weighted by Crippen LogP contribution is 2.30. The molecule has 0 saturated carbocycles. The van der Waals surface area contributed by atoms with Gasteiger partial charge in [0, 0.05) is 18.9 Å². The molecule has 100 valence electrons. The van der Waals surface area contributed by atoms with E-state index in [-0.39, 0.29) is 11.9 Å². The van der Waals surface area contributed by atoms with Crippen molar-refractivity contribution in [2.75, 3.05) is 6.54 Å². The molecule has 1 unspecified atom stereocenters. The number of rotatable bonds is 2. The van der Waals surface area contributed by atoms with Gasteiger partial charge in [-0.2, -0.15) is 5.10 Å². The number of nitrogens with one attached hydrogen (secondary N) is 2. The summed E-state index contributed by atoms with van der Waals surface area (Å²) in [6, 6.07) is 0.0121. The SMILES string of the molecule is Cc1c[nH]cc1C(=O)N1CCCCC1c1ncn[nH]1. The first kappa shape index (κ1) is 12.0. The minimum absolute atomic E-state index is 0.0121. The molecule has 1 atom stereocenters. The van der Waals surface area contributed by atoms with E-state index in [0.29, 0.717) is 0 Å². The van der Waals surface area contributed by atoms with Crippen LogP contribution in [-0.2, 0) is 0 Å². The number of carbonyl (C=O) groups excluding carboxylic acids is 1. The van der Waals surface area contributed by atoms with Gasteiger partial charge in [0.25, 0.3) is 5.91 Å². The summed E-state index contributed by atoms with van der Waals surface area (Å²) in [5.74, 6) is 0.848. The van der Waals surface area contributed by atoms with Crippen molar-refractivity contribution < 1.29 is 4.79 Å². The maximum Gasteiger partial charge on any atom is 0.256 e. The Morgan fingerprint density at radius 2 is 2.32 bits per heavy atom. The van der Waals surface area contributed by atoms with Crippen LogP contribution in [0.1, 0.15) is 47.1 Å². The number of aromatic amines is 2. The van der Waals surface area contributed by atoms with Gasteiger partial charge in [-0.05, 0) is 31.7 Å². The van der Waals surface area contributed by atoms with Crippen LogP contribution in [0.2, 0.25) is 0 Å². The lowest BCUT2D eigenvalue weighted by molar-refractivity contribution is 0.0600. The number of nitrogens with zero attached hydrogens (tertiary/aromatic N) is 3. The zero-order valence-electron chi connectivity index (χ0n) is 10.9. The van der Waals surface area contributed by atoms with Crippen LogP contribution < -0.4 is 0 Å². The molecule has 6 heteroatoms. The van der Waals surface area contributed by atoms with Crippen LogP contribution in [0.25, 0.3) is 0 Å².